The monoisotopic (exact) mass is 294 g/mol. The summed E-state index contributed by atoms with van der Waals surface area (Å²) in [6.07, 6.45) is 2.54. The summed E-state index contributed by atoms with van der Waals surface area (Å²) in [7, 11) is 1.44. The van der Waals surface area contributed by atoms with Crippen LogP contribution in [-0.2, 0) is 11.3 Å². The Morgan fingerprint density at radius 1 is 1.48 bits per heavy atom. The lowest BCUT2D eigenvalue weighted by molar-refractivity contribution is -0.130. The number of likely N-dealkylation sites (N-methyl/N-ethyl adjacent to an activating group) is 1. The summed E-state index contributed by atoms with van der Waals surface area (Å²) in [6, 6.07) is 4.80. The van der Waals surface area contributed by atoms with Gasteiger partial charge < -0.3 is 15.0 Å². The molecule has 1 aliphatic carbocycles. The van der Waals surface area contributed by atoms with Crippen LogP contribution in [0.15, 0.2) is 18.2 Å². The third kappa shape index (κ3) is 4.70. The fourth-order valence-electron chi connectivity index (χ4n) is 2.22. The Kier molecular flexibility index (Phi) is 5.56. The van der Waals surface area contributed by atoms with Crippen molar-refractivity contribution in [2.45, 2.75) is 26.3 Å². The van der Waals surface area contributed by atoms with E-state index in [9.17, 15) is 9.18 Å². The van der Waals surface area contributed by atoms with E-state index in [1.807, 2.05) is 6.92 Å². The summed E-state index contributed by atoms with van der Waals surface area (Å²) in [4.78, 5) is 13.9. The molecule has 0 aromatic heterocycles. The van der Waals surface area contributed by atoms with Gasteiger partial charge in [0.1, 0.15) is 0 Å². The zero-order chi connectivity index (χ0) is 15.2. The van der Waals surface area contributed by atoms with Gasteiger partial charge in [-0.1, -0.05) is 6.07 Å². The molecule has 1 aromatic rings. The van der Waals surface area contributed by atoms with E-state index < -0.39 is 5.82 Å². The topological polar surface area (TPSA) is 41.6 Å². The van der Waals surface area contributed by atoms with E-state index >= 15 is 0 Å². The molecule has 5 heteroatoms. The van der Waals surface area contributed by atoms with Crippen LogP contribution in [-0.4, -0.2) is 37.6 Å². The molecule has 1 amide bonds. The van der Waals surface area contributed by atoms with E-state index in [0.29, 0.717) is 19.6 Å². The zero-order valence-electron chi connectivity index (χ0n) is 12.7. The minimum Gasteiger partial charge on any atom is -0.494 e. The van der Waals surface area contributed by atoms with Gasteiger partial charge >= 0.3 is 0 Å². The van der Waals surface area contributed by atoms with E-state index in [0.717, 1.165) is 18.0 Å². The second-order valence-corrected chi connectivity index (χ2v) is 5.45. The number of hydrogen-bond acceptors (Lipinski definition) is 3. The molecule has 21 heavy (non-hydrogen) atoms. The second kappa shape index (κ2) is 7.41. The van der Waals surface area contributed by atoms with Crippen molar-refractivity contribution in [3.63, 3.8) is 0 Å². The lowest BCUT2D eigenvalue weighted by atomic mass is 10.2. The molecule has 0 unspecified atom stereocenters. The van der Waals surface area contributed by atoms with Gasteiger partial charge in [0, 0.05) is 13.1 Å². The molecule has 116 valence electrons. The van der Waals surface area contributed by atoms with Gasteiger partial charge in [-0.05, 0) is 49.9 Å². The van der Waals surface area contributed by atoms with Gasteiger partial charge in [-0.25, -0.2) is 4.39 Å². The third-order valence-corrected chi connectivity index (χ3v) is 3.73. The number of halogens is 1. The molecule has 0 aliphatic heterocycles. The molecule has 2 rings (SSSR count). The SMILES string of the molecule is CCN(Cc1ccc(OC)c(F)c1)C(=O)CNCC1CC1. The van der Waals surface area contributed by atoms with Crippen LogP contribution in [0.5, 0.6) is 5.75 Å². The summed E-state index contributed by atoms with van der Waals surface area (Å²) in [5.41, 5.74) is 0.769. The van der Waals surface area contributed by atoms with Crippen LogP contribution >= 0.6 is 0 Å². The van der Waals surface area contributed by atoms with Crippen LogP contribution in [0.1, 0.15) is 25.3 Å². The Morgan fingerprint density at radius 3 is 2.81 bits per heavy atom. The van der Waals surface area contributed by atoms with Crippen molar-refractivity contribution < 1.29 is 13.9 Å². The predicted octanol–water partition coefficient (Wildman–Crippen LogP) is 2.18. The standard InChI is InChI=1S/C16H23FN2O2/c1-3-19(16(20)10-18-9-12-4-5-12)11-13-6-7-15(21-2)14(17)8-13/h6-8,12,18H,3-5,9-11H2,1-2H3. The Balaban J connectivity index is 1.87. The zero-order valence-corrected chi connectivity index (χ0v) is 12.7. The van der Waals surface area contributed by atoms with Crippen molar-refractivity contribution >= 4 is 5.91 Å². The molecule has 1 aliphatic rings. The highest BCUT2D eigenvalue weighted by Crippen LogP contribution is 2.27. The molecule has 1 fully saturated rings. The number of nitrogens with zero attached hydrogens (tertiary/aromatic N) is 1. The Hall–Kier alpha value is -1.62. The van der Waals surface area contributed by atoms with Gasteiger partial charge in [0.25, 0.3) is 0 Å². The maximum atomic E-state index is 13.7. The van der Waals surface area contributed by atoms with Crippen LogP contribution in [0.4, 0.5) is 4.39 Å². The van der Waals surface area contributed by atoms with Gasteiger partial charge in [0.2, 0.25) is 5.91 Å². The molecule has 0 spiro atoms. The first-order valence-electron chi connectivity index (χ1n) is 7.45. The number of methoxy groups -OCH3 is 1. The third-order valence-electron chi connectivity index (χ3n) is 3.73. The highest BCUT2D eigenvalue weighted by atomic mass is 19.1. The number of ether oxygens (including phenoxy) is 1. The van der Waals surface area contributed by atoms with Crippen LogP contribution < -0.4 is 10.1 Å². The molecule has 0 radical (unpaired) electrons. The van der Waals surface area contributed by atoms with Crippen molar-refractivity contribution in [2.24, 2.45) is 5.92 Å². The van der Waals surface area contributed by atoms with Crippen LogP contribution in [0.2, 0.25) is 0 Å². The Morgan fingerprint density at radius 2 is 2.24 bits per heavy atom. The van der Waals surface area contributed by atoms with Crippen molar-refractivity contribution in [1.82, 2.24) is 10.2 Å². The van der Waals surface area contributed by atoms with Crippen LogP contribution in [0.3, 0.4) is 0 Å². The van der Waals surface area contributed by atoms with Gasteiger partial charge in [0.15, 0.2) is 11.6 Å². The maximum absolute atomic E-state index is 13.7. The highest BCUT2D eigenvalue weighted by molar-refractivity contribution is 5.78. The van der Waals surface area contributed by atoms with Gasteiger partial charge in [-0.3, -0.25) is 4.79 Å². The molecule has 1 N–H and O–H groups in total. The lowest BCUT2D eigenvalue weighted by Crippen LogP contribution is -2.38. The fraction of sp³-hybridized carbons (Fsp3) is 0.562. The number of amides is 1. The first-order chi connectivity index (χ1) is 10.1. The minimum atomic E-state index is -0.398. The Labute approximate surface area is 125 Å². The normalized spacial score (nSPS) is 14.0. The summed E-state index contributed by atoms with van der Waals surface area (Å²) >= 11 is 0. The fourth-order valence-corrected chi connectivity index (χ4v) is 2.22. The van der Waals surface area contributed by atoms with Crippen LogP contribution in [0, 0.1) is 11.7 Å². The maximum Gasteiger partial charge on any atom is 0.236 e. The number of hydrogen-bond donors (Lipinski definition) is 1. The van der Waals surface area contributed by atoms with E-state index in [1.165, 1.54) is 26.0 Å². The summed E-state index contributed by atoms with van der Waals surface area (Å²) < 4.78 is 18.6. The first-order valence-corrected chi connectivity index (χ1v) is 7.45. The molecular formula is C16H23FN2O2. The van der Waals surface area contributed by atoms with Gasteiger partial charge in [-0.15, -0.1) is 0 Å². The van der Waals surface area contributed by atoms with Gasteiger partial charge in [-0.2, -0.15) is 0 Å². The van der Waals surface area contributed by atoms with Crippen molar-refractivity contribution in [3.05, 3.63) is 29.6 Å². The molecule has 0 heterocycles. The summed E-state index contributed by atoms with van der Waals surface area (Å²) in [5, 5.41) is 3.19. The van der Waals surface area contributed by atoms with Crippen molar-refractivity contribution in [2.75, 3.05) is 26.7 Å². The first kappa shape index (κ1) is 15.8. The molecule has 0 bridgehead atoms. The molecule has 4 nitrogen and oxygen atoms in total. The Bertz CT molecular complexity index is 489. The van der Waals surface area contributed by atoms with Crippen molar-refractivity contribution in [1.29, 1.82) is 0 Å². The number of benzene rings is 1. The largest absolute Gasteiger partial charge is 0.494 e. The lowest BCUT2D eigenvalue weighted by Gasteiger charge is -2.21. The number of rotatable bonds is 8. The summed E-state index contributed by atoms with van der Waals surface area (Å²) in [5.74, 6) is 0.627. The molecule has 1 saturated carbocycles. The van der Waals surface area contributed by atoms with Gasteiger partial charge in [0.05, 0.1) is 13.7 Å². The number of carbonyl (C=O) groups is 1. The highest BCUT2D eigenvalue weighted by Gasteiger charge is 2.21. The predicted molar refractivity (Wildman–Crippen MR) is 79.6 cm³/mol. The van der Waals surface area contributed by atoms with E-state index in [2.05, 4.69) is 5.32 Å². The summed E-state index contributed by atoms with van der Waals surface area (Å²) in [6.45, 7) is 4.22. The average molecular weight is 294 g/mol. The smallest absolute Gasteiger partial charge is 0.236 e. The number of nitrogens with one attached hydrogen (secondary N) is 1. The van der Waals surface area contributed by atoms with E-state index in [4.69, 9.17) is 4.74 Å². The van der Waals surface area contributed by atoms with Crippen LogP contribution in [0.25, 0.3) is 0 Å². The molecular weight excluding hydrogens is 271 g/mol. The van der Waals surface area contributed by atoms with Crippen molar-refractivity contribution in [3.8, 4) is 5.75 Å². The quantitative estimate of drug-likeness (QED) is 0.799. The second-order valence-electron chi connectivity index (χ2n) is 5.45. The average Bonchev–Trinajstić information content (AvgIpc) is 3.29. The molecule has 0 atom stereocenters. The van der Waals surface area contributed by atoms with E-state index in [1.54, 1.807) is 17.0 Å². The number of carbonyl (C=O) groups excluding carboxylic acids is 1. The molecule has 0 saturated heterocycles. The molecule has 1 aromatic carbocycles. The van der Waals surface area contributed by atoms with E-state index in [-0.39, 0.29) is 11.7 Å². The minimum absolute atomic E-state index is 0.0503.